The van der Waals surface area contributed by atoms with Gasteiger partial charge in [0.05, 0.1) is 19.2 Å². The number of nitrogens with one attached hydrogen (secondary N) is 1. The topological polar surface area (TPSA) is 117 Å². The fourth-order valence-electron chi connectivity index (χ4n) is 3.98. The van der Waals surface area contributed by atoms with E-state index in [0.717, 1.165) is 15.5 Å². The third-order valence-electron chi connectivity index (χ3n) is 5.63. The van der Waals surface area contributed by atoms with Crippen LogP contribution in [0.2, 0.25) is 0 Å². The highest BCUT2D eigenvalue weighted by molar-refractivity contribution is 8.01. The highest BCUT2D eigenvalue weighted by Crippen LogP contribution is 2.41. The second-order valence-corrected chi connectivity index (χ2v) is 11.1. The van der Waals surface area contributed by atoms with Crippen molar-refractivity contribution in [2.75, 3.05) is 11.5 Å². The van der Waals surface area contributed by atoms with Crippen LogP contribution in [-0.4, -0.2) is 65.7 Å². The standard InChI is InChI=1S/C23H21N5O4S3/c29-17(9-16-7-4-8-33-16)25-19-21(30)28-20(23(31)32)15(13-35-22(19)28)12-34-18-10-24-26-27(18)11-14-5-2-1-3-6-14/h1-8,10,19,22H,9,11-13H2,(H,25,29)(H,31,32)/t19?,22-/m1/s1. The molecule has 12 heteroatoms. The maximum Gasteiger partial charge on any atom is 0.352 e. The molecule has 0 radical (unpaired) electrons. The molecule has 2 aliphatic rings. The van der Waals surface area contributed by atoms with Gasteiger partial charge in [-0.2, -0.15) is 0 Å². The monoisotopic (exact) mass is 527 g/mol. The Labute approximate surface area is 213 Å². The van der Waals surface area contributed by atoms with Gasteiger partial charge in [0.2, 0.25) is 5.91 Å². The zero-order valence-corrected chi connectivity index (χ0v) is 20.8. The van der Waals surface area contributed by atoms with Crippen molar-refractivity contribution in [3.63, 3.8) is 0 Å². The van der Waals surface area contributed by atoms with Crippen LogP contribution in [0.1, 0.15) is 10.4 Å². The molecular formula is C23H21N5O4S3. The minimum Gasteiger partial charge on any atom is -0.477 e. The molecule has 2 amide bonds. The van der Waals surface area contributed by atoms with Gasteiger partial charge in [0.25, 0.3) is 5.91 Å². The van der Waals surface area contributed by atoms with Crippen molar-refractivity contribution in [3.05, 3.63) is 75.8 Å². The average Bonchev–Trinajstić information content (AvgIpc) is 3.53. The Hall–Kier alpha value is -3.09. The predicted molar refractivity (Wildman–Crippen MR) is 134 cm³/mol. The first-order valence-electron chi connectivity index (χ1n) is 10.8. The Bertz CT molecular complexity index is 1280. The summed E-state index contributed by atoms with van der Waals surface area (Å²) in [7, 11) is 0. The van der Waals surface area contributed by atoms with Gasteiger partial charge in [0, 0.05) is 16.4 Å². The summed E-state index contributed by atoms with van der Waals surface area (Å²) >= 11 is 4.39. The number of nitrogens with zero attached hydrogens (tertiary/aromatic N) is 4. The van der Waals surface area contributed by atoms with Crippen LogP contribution >= 0.6 is 34.9 Å². The van der Waals surface area contributed by atoms with E-state index in [0.29, 0.717) is 23.6 Å². The number of rotatable bonds is 9. The Kier molecular flexibility index (Phi) is 6.93. The number of amides is 2. The summed E-state index contributed by atoms with van der Waals surface area (Å²) in [5, 5.41) is 23.1. The van der Waals surface area contributed by atoms with E-state index in [2.05, 4.69) is 15.6 Å². The Morgan fingerprint density at radius 2 is 2.03 bits per heavy atom. The van der Waals surface area contributed by atoms with Crippen molar-refractivity contribution in [3.8, 4) is 0 Å². The number of carbonyl (C=O) groups excluding carboxylic acids is 2. The van der Waals surface area contributed by atoms with Crippen LogP contribution in [-0.2, 0) is 27.3 Å². The van der Waals surface area contributed by atoms with Crippen molar-refractivity contribution in [1.29, 1.82) is 0 Å². The lowest BCUT2D eigenvalue weighted by atomic mass is 10.0. The van der Waals surface area contributed by atoms with E-state index in [1.54, 1.807) is 10.9 Å². The number of benzene rings is 1. The second kappa shape index (κ2) is 10.3. The molecule has 4 heterocycles. The lowest BCUT2D eigenvalue weighted by Crippen LogP contribution is -2.70. The fraction of sp³-hybridized carbons (Fsp3) is 0.261. The first-order chi connectivity index (χ1) is 17.0. The number of thioether (sulfide) groups is 2. The molecule has 0 aliphatic carbocycles. The Balaban J connectivity index is 1.25. The molecule has 1 aromatic carbocycles. The van der Waals surface area contributed by atoms with Gasteiger partial charge in [0.1, 0.15) is 22.1 Å². The van der Waals surface area contributed by atoms with Gasteiger partial charge in [-0.25, -0.2) is 9.48 Å². The highest BCUT2D eigenvalue weighted by Gasteiger charge is 2.54. The number of carboxylic acids is 1. The zero-order valence-electron chi connectivity index (χ0n) is 18.4. The molecule has 2 aliphatic heterocycles. The van der Waals surface area contributed by atoms with E-state index in [9.17, 15) is 19.5 Å². The molecule has 0 saturated carbocycles. The third-order valence-corrected chi connectivity index (χ3v) is 8.95. The number of aromatic nitrogens is 3. The fourth-order valence-corrected chi connectivity index (χ4v) is 7.09. The number of fused-ring (bicyclic) bond motifs is 1. The molecule has 2 N–H and O–H groups in total. The van der Waals surface area contributed by atoms with Gasteiger partial charge in [0.15, 0.2) is 0 Å². The quantitative estimate of drug-likeness (QED) is 0.322. The molecule has 9 nitrogen and oxygen atoms in total. The number of aliphatic carboxylic acids is 1. The molecular weight excluding hydrogens is 506 g/mol. The second-order valence-electron chi connectivity index (χ2n) is 7.97. The summed E-state index contributed by atoms with van der Waals surface area (Å²) in [6.45, 7) is 0.558. The smallest absolute Gasteiger partial charge is 0.352 e. The molecule has 1 fully saturated rings. The van der Waals surface area contributed by atoms with Gasteiger partial charge in [-0.05, 0) is 22.6 Å². The maximum absolute atomic E-state index is 12.9. The van der Waals surface area contributed by atoms with Crippen molar-refractivity contribution >= 4 is 52.6 Å². The number of hydrogen-bond donors (Lipinski definition) is 2. The summed E-state index contributed by atoms with van der Waals surface area (Å²) in [4.78, 5) is 39.6. The summed E-state index contributed by atoms with van der Waals surface area (Å²) in [5.74, 6) is -0.924. The lowest BCUT2D eigenvalue weighted by molar-refractivity contribution is -0.150. The maximum atomic E-state index is 12.9. The summed E-state index contributed by atoms with van der Waals surface area (Å²) < 4.78 is 1.77. The van der Waals surface area contributed by atoms with Gasteiger partial charge in [-0.1, -0.05) is 41.6 Å². The molecule has 0 bridgehead atoms. The van der Waals surface area contributed by atoms with Crippen molar-refractivity contribution in [1.82, 2.24) is 25.2 Å². The Morgan fingerprint density at radius 1 is 1.20 bits per heavy atom. The minimum absolute atomic E-state index is 0.0112. The van der Waals surface area contributed by atoms with E-state index in [4.69, 9.17) is 0 Å². The zero-order chi connectivity index (χ0) is 24.4. The molecule has 35 heavy (non-hydrogen) atoms. The summed E-state index contributed by atoms with van der Waals surface area (Å²) in [5.41, 5.74) is 1.75. The van der Waals surface area contributed by atoms with Crippen LogP contribution in [0, 0.1) is 0 Å². The normalized spacial score (nSPS) is 19.3. The van der Waals surface area contributed by atoms with Crippen LogP contribution in [0.15, 0.2) is 70.3 Å². The number of β-lactam (4-membered cyclic amide) rings is 1. The molecule has 180 valence electrons. The van der Waals surface area contributed by atoms with E-state index in [1.165, 1.54) is 39.8 Å². The SMILES string of the molecule is O=C(Cc1cccs1)NC1C(=O)N2C(C(=O)O)=C(CSc3cnnn3Cc3ccccc3)CS[C@H]12. The lowest BCUT2D eigenvalue weighted by Gasteiger charge is -2.49. The molecule has 0 spiro atoms. The largest absolute Gasteiger partial charge is 0.477 e. The van der Waals surface area contributed by atoms with Crippen LogP contribution in [0.5, 0.6) is 0 Å². The van der Waals surface area contributed by atoms with Gasteiger partial charge in [-0.15, -0.1) is 40.0 Å². The molecule has 2 aromatic heterocycles. The van der Waals surface area contributed by atoms with Gasteiger partial charge >= 0.3 is 5.97 Å². The van der Waals surface area contributed by atoms with Crippen LogP contribution in [0.3, 0.4) is 0 Å². The van der Waals surface area contributed by atoms with Crippen LogP contribution in [0.4, 0.5) is 0 Å². The summed E-state index contributed by atoms with van der Waals surface area (Å²) in [6.07, 6.45) is 1.86. The van der Waals surface area contributed by atoms with Crippen molar-refractivity contribution in [2.24, 2.45) is 0 Å². The van der Waals surface area contributed by atoms with E-state index < -0.39 is 23.3 Å². The first-order valence-corrected chi connectivity index (χ1v) is 13.7. The van der Waals surface area contributed by atoms with Crippen molar-refractivity contribution in [2.45, 2.75) is 29.4 Å². The van der Waals surface area contributed by atoms with Gasteiger partial charge in [-0.3, -0.25) is 14.5 Å². The van der Waals surface area contributed by atoms with Gasteiger partial charge < -0.3 is 10.4 Å². The van der Waals surface area contributed by atoms with E-state index >= 15 is 0 Å². The number of hydrogen-bond acceptors (Lipinski definition) is 8. The highest BCUT2D eigenvalue weighted by atomic mass is 32.2. The molecule has 1 saturated heterocycles. The number of carbonyl (C=O) groups is 3. The summed E-state index contributed by atoms with van der Waals surface area (Å²) in [6, 6.07) is 12.9. The molecule has 3 aromatic rings. The average molecular weight is 528 g/mol. The Morgan fingerprint density at radius 3 is 2.77 bits per heavy atom. The third kappa shape index (κ3) is 5.00. The predicted octanol–water partition coefficient (Wildman–Crippen LogP) is 2.46. The first kappa shape index (κ1) is 23.6. The number of thiophene rings is 1. The molecule has 5 rings (SSSR count). The molecule has 1 unspecified atom stereocenters. The molecule has 2 atom stereocenters. The number of carboxylic acid groups (broad SMARTS) is 1. The van der Waals surface area contributed by atoms with Crippen LogP contribution < -0.4 is 5.32 Å². The minimum atomic E-state index is -1.14. The van der Waals surface area contributed by atoms with E-state index in [1.807, 2.05) is 47.8 Å². The van der Waals surface area contributed by atoms with E-state index in [-0.39, 0.29) is 18.0 Å². The van der Waals surface area contributed by atoms with Crippen LogP contribution in [0.25, 0.3) is 0 Å². The van der Waals surface area contributed by atoms with Crippen molar-refractivity contribution < 1.29 is 19.5 Å².